The number of aromatic nitrogens is 5. The number of hydrogen-bond acceptors (Lipinski definition) is 3. The second-order valence-electron chi connectivity index (χ2n) is 18.9. The van der Waals surface area contributed by atoms with E-state index in [0.717, 1.165) is 95.4 Å². The molecule has 0 amide bonds. The molecule has 0 fully saturated rings. The normalized spacial score (nSPS) is 13.3. The van der Waals surface area contributed by atoms with E-state index in [2.05, 4.69) is 238 Å². The van der Waals surface area contributed by atoms with Crippen LogP contribution in [0.4, 0.5) is 0 Å². The molecule has 9 aromatic carbocycles. The van der Waals surface area contributed by atoms with Gasteiger partial charge in [0.15, 0.2) is 0 Å². The number of para-hydroxylation sites is 5. The zero-order valence-corrected chi connectivity index (χ0v) is 38.2. The number of hydrogen-bond donors (Lipinski definition) is 0. The van der Waals surface area contributed by atoms with Gasteiger partial charge in [-0.1, -0.05) is 121 Å². The highest BCUT2D eigenvalue weighted by Gasteiger charge is 2.52. The Bertz CT molecular complexity index is 4420. The summed E-state index contributed by atoms with van der Waals surface area (Å²) >= 11 is 0. The maximum Gasteiger partial charge on any atom is 0.132 e. The van der Waals surface area contributed by atoms with Crippen molar-refractivity contribution in [3.8, 4) is 51.1 Å². The highest BCUT2D eigenvalue weighted by molar-refractivity contribution is 6.12. The second-order valence-corrected chi connectivity index (χ2v) is 18.9. The molecule has 6 nitrogen and oxygen atoms in total. The molecule has 330 valence electrons. The highest BCUT2D eigenvalue weighted by Crippen LogP contribution is 2.62. The smallest absolute Gasteiger partial charge is 0.132 e. The van der Waals surface area contributed by atoms with E-state index < -0.39 is 5.41 Å². The molecule has 6 heterocycles. The first-order chi connectivity index (χ1) is 35.2. The third-order valence-corrected chi connectivity index (χ3v) is 15.4. The van der Waals surface area contributed by atoms with Crippen LogP contribution in [0.15, 0.2) is 237 Å². The van der Waals surface area contributed by atoms with E-state index in [1.807, 2.05) is 12.4 Å². The predicted molar refractivity (Wildman–Crippen MR) is 288 cm³/mol. The van der Waals surface area contributed by atoms with Crippen LogP contribution in [-0.4, -0.2) is 23.7 Å². The van der Waals surface area contributed by atoms with Crippen LogP contribution in [0.5, 0.6) is 11.5 Å². The van der Waals surface area contributed by atoms with Gasteiger partial charge in [-0.25, -0.2) is 0 Å². The Morgan fingerprint density at radius 1 is 0.296 bits per heavy atom. The van der Waals surface area contributed by atoms with Crippen molar-refractivity contribution in [3.05, 3.63) is 259 Å². The summed E-state index contributed by atoms with van der Waals surface area (Å²) in [6.07, 6.45) is 3.76. The minimum Gasteiger partial charge on any atom is -0.457 e. The van der Waals surface area contributed by atoms with Crippen LogP contribution in [-0.2, 0) is 5.41 Å². The van der Waals surface area contributed by atoms with Crippen LogP contribution in [0.25, 0.3) is 105 Å². The number of rotatable bonds is 4. The van der Waals surface area contributed by atoms with Crippen LogP contribution < -0.4 is 4.74 Å². The van der Waals surface area contributed by atoms with E-state index in [1.54, 1.807) is 0 Å². The number of pyridine rings is 2. The third kappa shape index (κ3) is 5.15. The van der Waals surface area contributed by atoms with Gasteiger partial charge in [0.2, 0.25) is 0 Å². The van der Waals surface area contributed by atoms with Gasteiger partial charge in [0, 0.05) is 72.9 Å². The van der Waals surface area contributed by atoms with Crippen LogP contribution in [0.1, 0.15) is 22.3 Å². The summed E-state index contributed by atoms with van der Waals surface area (Å²) in [6.45, 7) is 0. The monoisotopic (exact) mass is 905 g/mol. The largest absolute Gasteiger partial charge is 0.457 e. The van der Waals surface area contributed by atoms with E-state index in [-0.39, 0.29) is 0 Å². The lowest BCUT2D eigenvalue weighted by atomic mass is 9.66. The van der Waals surface area contributed by atoms with E-state index >= 15 is 0 Å². The number of ether oxygens (including phenoxy) is 1. The SMILES string of the molecule is c1cnc2c(c1)C1(c3ccc(-c4ccc5c(c4)c4ccccc4n5-c4ccc(-n5c6ccccc6c6ccccc65)cc4)cc3Oc3ccc(-n4c5ccccc5c5ccccc54)cc31)c1cccnc1-2. The molecule has 1 aliphatic heterocycles. The summed E-state index contributed by atoms with van der Waals surface area (Å²) < 4.78 is 14.3. The quantitative estimate of drug-likeness (QED) is 0.177. The molecular formula is C65H39N5O. The Morgan fingerprint density at radius 3 is 1.24 bits per heavy atom. The second kappa shape index (κ2) is 14.3. The highest BCUT2D eigenvalue weighted by atomic mass is 16.5. The van der Waals surface area contributed by atoms with Crippen LogP contribution in [0.2, 0.25) is 0 Å². The molecule has 71 heavy (non-hydrogen) atoms. The molecule has 2 aliphatic rings. The van der Waals surface area contributed by atoms with Crippen molar-refractivity contribution in [2.45, 2.75) is 5.41 Å². The fraction of sp³-hybridized carbons (Fsp3) is 0.0154. The lowest BCUT2D eigenvalue weighted by Gasteiger charge is -2.39. The van der Waals surface area contributed by atoms with E-state index in [1.165, 1.54) is 43.4 Å². The van der Waals surface area contributed by atoms with Gasteiger partial charge < -0.3 is 18.4 Å². The summed E-state index contributed by atoms with van der Waals surface area (Å²) in [6, 6.07) is 81.4. The molecular weight excluding hydrogens is 867 g/mol. The summed E-state index contributed by atoms with van der Waals surface area (Å²) in [7, 11) is 0. The van der Waals surface area contributed by atoms with Crippen molar-refractivity contribution in [3.63, 3.8) is 0 Å². The van der Waals surface area contributed by atoms with Gasteiger partial charge in [-0.05, 0) is 125 Å². The van der Waals surface area contributed by atoms with Gasteiger partial charge in [0.1, 0.15) is 11.5 Å². The standard InChI is InChI=1S/C65H39N5O/c1-6-20-55-45(13-1)46-14-2-7-21-56(46)68(55)42-27-29-43(30-28-42)69-59-24-10-5-17-49(59)50-37-40(26-33-60(50)69)41-25-32-51-62(38-41)71-61-34-31-44(70-57-22-8-3-15-47(57)48-16-4-9-23-58(48)70)39-54(61)65(51)52-18-11-35-66-63(52)64-53(65)19-12-36-67-64/h1-39H. The van der Waals surface area contributed by atoms with E-state index in [4.69, 9.17) is 14.7 Å². The molecule has 0 saturated heterocycles. The Morgan fingerprint density at radius 2 is 0.718 bits per heavy atom. The summed E-state index contributed by atoms with van der Waals surface area (Å²) in [5.41, 5.74) is 17.9. The molecule has 6 heteroatoms. The molecule has 0 saturated carbocycles. The van der Waals surface area contributed by atoms with Gasteiger partial charge in [0.05, 0.1) is 49.9 Å². The van der Waals surface area contributed by atoms with Crippen LogP contribution >= 0.6 is 0 Å². The van der Waals surface area contributed by atoms with Crippen molar-refractivity contribution in [2.75, 3.05) is 0 Å². The minimum absolute atomic E-state index is 0.738. The Balaban J connectivity index is 0.847. The average molecular weight is 906 g/mol. The first-order valence-corrected chi connectivity index (χ1v) is 24.2. The first-order valence-electron chi connectivity index (χ1n) is 24.2. The molecule has 1 spiro atoms. The van der Waals surface area contributed by atoms with Crippen molar-refractivity contribution < 1.29 is 4.74 Å². The summed E-state index contributed by atoms with van der Waals surface area (Å²) in [5, 5.41) is 7.36. The van der Waals surface area contributed by atoms with Crippen LogP contribution in [0.3, 0.4) is 0 Å². The Labute approximate surface area is 407 Å². The average Bonchev–Trinajstić information content (AvgIpc) is 4.15. The van der Waals surface area contributed by atoms with E-state index in [9.17, 15) is 0 Å². The number of fused-ring (bicyclic) bond motifs is 18. The molecule has 0 radical (unpaired) electrons. The first kappa shape index (κ1) is 38.4. The molecule has 0 unspecified atom stereocenters. The van der Waals surface area contributed by atoms with Gasteiger partial charge in [0.25, 0.3) is 0 Å². The number of nitrogens with zero attached hydrogens (tertiary/aromatic N) is 5. The molecule has 1 aliphatic carbocycles. The van der Waals surface area contributed by atoms with Crippen molar-refractivity contribution in [1.29, 1.82) is 0 Å². The van der Waals surface area contributed by atoms with Gasteiger partial charge in [-0.3, -0.25) is 9.97 Å². The molecule has 0 bridgehead atoms. The van der Waals surface area contributed by atoms with Gasteiger partial charge in [-0.15, -0.1) is 0 Å². The summed E-state index contributed by atoms with van der Waals surface area (Å²) in [5.74, 6) is 1.63. The van der Waals surface area contributed by atoms with Crippen LogP contribution in [0, 0.1) is 0 Å². The lowest BCUT2D eigenvalue weighted by molar-refractivity contribution is 0.436. The van der Waals surface area contributed by atoms with Crippen molar-refractivity contribution in [2.24, 2.45) is 0 Å². The zero-order chi connectivity index (χ0) is 46.4. The fourth-order valence-electron chi connectivity index (χ4n) is 12.5. The lowest BCUT2D eigenvalue weighted by Crippen LogP contribution is -2.32. The van der Waals surface area contributed by atoms with Crippen molar-refractivity contribution >= 4 is 65.4 Å². The number of benzene rings is 9. The Hall–Kier alpha value is -9.52. The molecule has 14 aromatic rings. The molecule has 5 aromatic heterocycles. The van der Waals surface area contributed by atoms with Gasteiger partial charge >= 0.3 is 0 Å². The zero-order valence-electron chi connectivity index (χ0n) is 38.2. The molecule has 0 atom stereocenters. The van der Waals surface area contributed by atoms with Crippen molar-refractivity contribution in [1.82, 2.24) is 23.7 Å². The predicted octanol–water partition coefficient (Wildman–Crippen LogP) is 15.9. The van der Waals surface area contributed by atoms with Gasteiger partial charge in [-0.2, -0.15) is 0 Å². The molecule has 16 rings (SSSR count). The molecule has 0 N–H and O–H groups in total. The topological polar surface area (TPSA) is 49.8 Å². The summed E-state index contributed by atoms with van der Waals surface area (Å²) in [4.78, 5) is 10.0. The third-order valence-electron chi connectivity index (χ3n) is 15.4. The fourth-order valence-corrected chi connectivity index (χ4v) is 12.5. The maximum absolute atomic E-state index is 7.15. The Kier molecular flexibility index (Phi) is 7.72. The maximum atomic E-state index is 7.15. The van der Waals surface area contributed by atoms with E-state index in [0.29, 0.717) is 0 Å². The minimum atomic E-state index is -0.738.